The first-order valence-electron chi connectivity index (χ1n) is 12.7. The van der Waals surface area contributed by atoms with Gasteiger partial charge in [0.15, 0.2) is 6.61 Å². The Morgan fingerprint density at radius 1 is 0.944 bits per heavy atom. The summed E-state index contributed by atoms with van der Waals surface area (Å²) < 4.78 is 5.60. The van der Waals surface area contributed by atoms with Crippen LogP contribution in [0.1, 0.15) is 54.4 Å². The Bertz CT molecular complexity index is 1070. The van der Waals surface area contributed by atoms with Gasteiger partial charge in [0.1, 0.15) is 5.75 Å². The zero-order chi connectivity index (χ0) is 25.5. The van der Waals surface area contributed by atoms with Crippen molar-refractivity contribution in [3.05, 3.63) is 64.7 Å². The summed E-state index contributed by atoms with van der Waals surface area (Å²) in [5.41, 5.74) is 1.59. The van der Waals surface area contributed by atoms with Crippen LogP contribution in [0.2, 0.25) is 5.02 Å². The molecule has 2 N–H and O–H groups in total. The molecule has 8 heteroatoms. The zero-order valence-corrected chi connectivity index (χ0v) is 21.4. The minimum atomic E-state index is -0.270. The second-order valence-electron chi connectivity index (χ2n) is 9.72. The van der Waals surface area contributed by atoms with Gasteiger partial charge in [0, 0.05) is 35.8 Å². The molecule has 1 saturated heterocycles. The van der Waals surface area contributed by atoms with Crippen molar-refractivity contribution >= 4 is 29.3 Å². The number of ether oxygens (including phenoxy) is 1. The Labute approximate surface area is 217 Å². The highest BCUT2D eigenvalue weighted by atomic mass is 35.5. The molecule has 0 bridgehead atoms. The van der Waals surface area contributed by atoms with E-state index in [2.05, 4.69) is 10.6 Å². The number of hydrogen-bond donors (Lipinski definition) is 2. The number of aryl methyl sites for hydroxylation is 1. The van der Waals surface area contributed by atoms with Crippen molar-refractivity contribution in [1.82, 2.24) is 15.5 Å². The molecule has 2 aromatic carbocycles. The molecule has 2 fully saturated rings. The van der Waals surface area contributed by atoms with Gasteiger partial charge in [-0.1, -0.05) is 42.6 Å². The number of hydrogen-bond acceptors (Lipinski definition) is 4. The molecule has 7 nitrogen and oxygen atoms in total. The number of amides is 3. The van der Waals surface area contributed by atoms with Crippen LogP contribution in [-0.4, -0.2) is 54.4 Å². The quantitative estimate of drug-likeness (QED) is 0.585. The van der Waals surface area contributed by atoms with E-state index in [1.807, 2.05) is 31.2 Å². The van der Waals surface area contributed by atoms with Crippen molar-refractivity contribution in [2.45, 2.75) is 57.5 Å². The van der Waals surface area contributed by atoms with Crippen LogP contribution in [-0.2, 0) is 9.59 Å². The van der Waals surface area contributed by atoms with Crippen molar-refractivity contribution in [3.8, 4) is 5.75 Å². The molecule has 0 aromatic heterocycles. The number of likely N-dealkylation sites (tertiary alicyclic amines) is 1. The summed E-state index contributed by atoms with van der Waals surface area (Å²) in [5, 5.41) is 6.96. The van der Waals surface area contributed by atoms with Crippen LogP contribution in [0.15, 0.2) is 48.5 Å². The molecule has 1 aliphatic heterocycles. The molecule has 36 heavy (non-hydrogen) atoms. The van der Waals surface area contributed by atoms with E-state index >= 15 is 0 Å². The van der Waals surface area contributed by atoms with Crippen molar-refractivity contribution in [3.63, 3.8) is 0 Å². The molecular weight excluding hydrogens is 478 g/mol. The van der Waals surface area contributed by atoms with E-state index in [0.717, 1.165) is 44.1 Å². The van der Waals surface area contributed by atoms with Gasteiger partial charge in [-0.2, -0.15) is 0 Å². The van der Waals surface area contributed by atoms with Crippen LogP contribution in [0.25, 0.3) is 0 Å². The lowest BCUT2D eigenvalue weighted by atomic mass is 9.88. The smallest absolute Gasteiger partial charge is 0.260 e. The van der Waals surface area contributed by atoms with E-state index in [1.165, 1.54) is 0 Å². The highest BCUT2D eigenvalue weighted by Gasteiger charge is 2.33. The van der Waals surface area contributed by atoms with Gasteiger partial charge in [0.05, 0.1) is 5.92 Å². The number of rotatable bonds is 7. The Kier molecular flexibility index (Phi) is 8.86. The minimum Gasteiger partial charge on any atom is -0.484 e. The van der Waals surface area contributed by atoms with Crippen LogP contribution in [0.5, 0.6) is 5.75 Å². The molecule has 3 amide bonds. The Morgan fingerprint density at radius 2 is 1.64 bits per heavy atom. The van der Waals surface area contributed by atoms with Crippen molar-refractivity contribution in [2.75, 3.05) is 19.7 Å². The van der Waals surface area contributed by atoms with E-state index in [0.29, 0.717) is 29.4 Å². The highest BCUT2D eigenvalue weighted by molar-refractivity contribution is 6.30. The minimum absolute atomic E-state index is 0.0480. The lowest BCUT2D eigenvalue weighted by Gasteiger charge is -2.36. The van der Waals surface area contributed by atoms with Crippen molar-refractivity contribution < 1.29 is 19.1 Å². The summed E-state index contributed by atoms with van der Waals surface area (Å²) in [4.78, 5) is 40.5. The molecule has 0 spiro atoms. The number of nitrogens with one attached hydrogen (secondary N) is 2. The summed E-state index contributed by atoms with van der Waals surface area (Å²) in [5.74, 6) is 0.0223. The van der Waals surface area contributed by atoms with E-state index < -0.39 is 0 Å². The largest absolute Gasteiger partial charge is 0.484 e. The average molecular weight is 512 g/mol. The number of piperidine rings is 1. The third-order valence-electron chi connectivity index (χ3n) is 7.12. The number of carbonyl (C=O) groups is 3. The number of benzene rings is 2. The summed E-state index contributed by atoms with van der Waals surface area (Å²) in [6.45, 7) is 2.84. The number of halogens is 1. The van der Waals surface area contributed by atoms with E-state index in [-0.39, 0.29) is 42.3 Å². The molecule has 1 aliphatic carbocycles. The predicted octanol–water partition coefficient (Wildman–Crippen LogP) is 4.12. The number of nitrogens with zero attached hydrogens (tertiary/aromatic N) is 1. The predicted molar refractivity (Wildman–Crippen MR) is 139 cm³/mol. The monoisotopic (exact) mass is 511 g/mol. The van der Waals surface area contributed by atoms with Gasteiger partial charge in [-0.3, -0.25) is 14.4 Å². The van der Waals surface area contributed by atoms with E-state index in [4.69, 9.17) is 16.3 Å². The molecule has 3 atom stereocenters. The topological polar surface area (TPSA) is 87.7 Å². The maximum atomic E-state index is 13.2. The van der Waals surface area contributed by atoms with Crippen LogP contribution in [0, 0.1) is 12.8 Å². The molecule has 4 rings (SSSR count). The fourth-order valence-electron chi connectivity index (χ4n) is 5.04. The van der Waals surface area contributed by atoms with Crippen molar-refractivity contribution in [2.24, 2.45) is 5.92 Å². The van der Waals surface area contributed by atoms with Crippen LogP contribution >= 0.6 is 11.6 Å². The standard InChI is InChI=1S/C28H34ClN3O4/c1-19-7-2-3-9-23(19)28(35)31-25-11-5-4-10-24(25)30-27(34)20-8-6-16-32(17-20)26(33)18-36-22-14-12-21(29)13-15-22/h2-3,7,9,12-15,20,24-25H,4-6,8,10-11,16-18H2,1H3,(H,30,34)(H,31,35)/t20?,24-,25-/m1/s1. The second-order valence-corrected chi connectivity index (χ2v) is 10.2. The van der Waals surface area contributed by atoms with Gasteiger partial charge >= 0.3 is 0 Å². The third-order valence-corrected chi connectivity index (χ3v) is 7.37. The lowest BCUT2D eigenvalue weighted by molar-refractivity contribution is -0.137. The average Bonchev–Trinajstić information content (AvgIpc) is 2.89. The fraction of sp³-hybridized carbons (Fsp3) is 0.464. The normalized spacial score (nSPS) is 21.9. The molecule has 192 valence electrons. The lowest BCUT2D eigenvalue weighted by Crippen LogP contribution is -2.55. The van der Waals surface area contributed by atoms with Crippen LogP contribution in [0.4, 0.5) is 0 Å². The molecule has 2 aromatic rings. The summed E-state index contributed by atoms with van der Waals surface area (Å²) >= 11 is 5.89. The summed E-state index contributed by atoms with van der Waals surface area (Å²) in [7, 11) is 0. The molecule has 0 radical (unpaired) electrons. The van der Waals surface area contributed by atoms with E-state index in [9.17, 15) is 14.4 Å². The molecule has 1 saturated carbocycles. The van der Waals surface area contributed by atoms with Gasteiger partial charge in [-0.05, 0) is 68.5 Å². The molecule has 2 aliphatic rings. The Hall–Kier alpha value is -3.06. The highest BCUT2D eigenvalue weighted by Crippen LogP contribution is 2.23. The first kappa shape index (κ1) is 26.0. The SMILES string of the molecule is Cc1ccccc1C(=O)N[C@@H]1CCCC[C@H]1NC(=O)C1CCCN(C(=O)COc2ccc(Cl)cc2)C1. The first-order chi connectivity index (χ1) is 17.4. The summed E-state index contributed by atoms with van der Waals surface area (Å²) in [6.07, 6.45) is 5.20. The first-order valence-corrected chi connectivity index (χ1v) is 13.1. The van der Waals surface area contributed by atoms with E-state index in [1.54, 1.807) is 29.2 Å². The Balaban J connectivity index is 1.30. The molecule has 1 heterocycles. The van der Waals surface area contributed by atoms with Crippen LogP contribution < -0.4 is 15.4 Å². The third kappa shape index (κ3) is 6.78. The maximum absolute atomic E-state index is 13.2. The van der Waals surface area contributed by atoms with Crippen LogP contribution in [0.3, 0.4) is 0 Å². The Morgan fingerprint density at radius 3 is 2.36 bits per heavy atom. The van der Waals surface area contributed by atoms with Gasteiger partial charge in [-0.25, -0.2) is 0 Å². The zero-order valence-electron chi connectivity index (χ0n) is 20.7. The number of carbonyl (C=O) groups excluding carboxylic acids is 3. The summed E-state index contributed by atoms with van der Waals surface area (Å²) in [6, 6.07) is 14.2. The van der Waals surface area contributed by atoms with Gasteiger partial charge in [0.25, 0.3) is 11.8 Å². The molecule has 1 unspecified atom stereocenters. The van der Waals surface area contributed by atoms with Gasteiger partial charge in [-0.15, -0.1) is 0 Å². The fourth-order valence-corrected chi connectivity index (χ4v) is 5.16. The second kappa shape index (κ2) is 12.3. The molecular formula is C28H34ClN3O4. The van der Waals surface area contributed by atoms with Gasteiger partial charge in [0.2, 0.25) is 5.91 Å². The van der Waals surface area contributed by atoms with Gasteiger partial charge < -0.3 is 20.3 Å². The van der Waals surface area contributed by atoms with Crippen molar-refractivity contribution in [1.29, 1.82) is 0 Å². The maximum Gasteiger partial charge on any atom is 0.260 e.